The number of nitrogens with zero attached hydrogens (tertiary/aromatic N) is 2. The first-order chi connectivity index (χ1) is 6.07. The summed E-state index contributed by atoms with van der Waals surface area (Å²) in [7, 11) is 0. The minimum Gasteiger partial charge on any atom is -0.387 e. The molecule has 1 unspecified atom stereocenters. The molecule has 0 aliphatic heterocycles. The van der Waals surface area contributed by atoms with Crippen LogP contribution in [0.2, 0.25) is 0 Å². The van der Waals surface area contributed by atoms with Crippen LogP contribution in [0.15, 0.2) is 6.20 Å². The van der Waals surface area contributed by atoms with Gasteiger partial charge >= 0.3 is 0 Å². The van der Waals surface area contributed by atoms with E-state index >= 15 is 0 Å². The van der Waals surface area contributed by atoms with E-state index in [4.69, 9.17) is 5.73 Å². The van der Waals surface area contributed by atoms with Gasteiger partial charge < -0.3 is 10.8 Å². The Morgan fingerprint density at radius 2 is 2.23 bits per heavy atom. The van der Waals surface area contributed by atoms with Crippen LogP contribution in [0.1, 0.15) is 37.3 Å². The molecule has 1 aromatic heterocycles. The second kappa shape index (κ2) is 3.89. The number of nitrogens with two attached hydrogens (primary N) is 1. The molecule has 0 aromatic carbocycles. The summed E-state index contributed by atoms with van der Waals surface area (Å²) in [5, 5.41) is 13.7. The van der Waals surface area contributed by atoms with E-state index in [0.29, 0.717) is 6.04 Å². The molecule has 0 spiro atoms. The second-order valence-electron chi connectivity index (χ2n) is 3.48. The first-order valence-electron chi connectivity index (χ1n) is 4.50. The Morgan fingerprint density at radius 1 is 1.62 bits per heavy atom. The van der Waals surface area contributed by atoms with Gasteiger partial charge in [-0.05, 0) is 20.8 Å². The fourth-order valence-corrected chi connectivity index (χ4v) is 1.41. The van der Waals surface area contributed by atoms with E-state index in [9.17, 15) is 5.11 Å². The lowest BCUT2D eigenvalue weighted by molar-refractivity contribution is 0.185. The lowest BCUT2D eigenvalue weighted by Crippen LogP contribution is -2.13. The third kappa shape index (κ3) is 1.89. The van der Waals surface area contributed by atoms with E-state index in [0.717, 1.165) is 11.3 Å². The standard InChI is InChI=1S/C9H17N3O/c1-6(2)12-7(3)8(5-11-12)9(13)4-10/h5-6,9,13H,4,10H2,1-3H3. The van der Waals surface area contributed by atoms with Crippen molar-refractivity contribution in [1.29, 1.82) is 0 Å². The predicted octanol–water partition coefficient (Wildman–Crippen LogP) is 0.765. The van der Waals surface area contributed by atoms with Crippen molar-refractivity contribution in [2.45, 2.75) is 32.9 Å². The monoisotopic (exact) mass is 183 g/mol. The van der Waals surface area contributed by atoms with Gasteiger partial charge in [-0.25, -0.2) is 0 Å². The van der Waals surface area contributed by atoms with Gasteiger partial charge in [-0.2, -0.15) is 5.10 Å². The van der Waals surface area contributed by atoms with E-state index in [-0.39, 0.29) is 6.54 Å². The normalized spacial score (nSPS) is 13.7. The van der Waals surface area contributed by atoms with Crippen molar-refractivity contribution >= 4 is 0 Å². The van der Waals surface area contributed by atoms with Crippen LogP contribution in [0.5, 0.6) is 0 Å². The Hall–Kier alpha value is -0.870. The fourth-order valence-electron chi connectivity index (χ4n) is 1.41. The molecule has 1 atom stereocenters. The van der Waals surface area contributed by atoms with E-state index in [1.165, 1.54) is 0 Å². The maximum absolute atomic E-state index is 9.53. The van der Waals surface area contributed by atoms with E-state index in [2.05, 4.69) is 18.9 Å². The minimum absolute atomic E-state index is 0.241. The predicted molar refractivity (Wildman–Crippen MR) is 51.4 cm³/mol. The van der Waals surface area contributed by atoms with Crippen LogP contribution in [0.3, 0.4) is 0 Å². The SMILES string of the molecule is Cc1c(C(O)CN)cnn1C(C)C. The summed E-state index contributed by atoms with van der Waals surface area (Å²) in [5.74, 6) is 0. The van der Waals surface area contributed by atoms with E-state index < -0.39 is 6.10 Å². The summed E-state index contributed by atoms with van der Waals surface area (Å²) in [6.07, 6.45) is 1.10. The Labute approximate surface area is 78.4 Å². The van der Waals surface area contributed by atoms with Crippen LogP contribution in [0.25, 0.3) is 0 Å². The summed E-state index contributed by atoms with van der Waals surface area (Å²) in [6, 6.07) is 0.318. The molecule has 1 rings (SSSR count). The number of aromatic nitrogens is 2. The summed E-state index contributed by atoms with van der Waals surface area (Å²) < 4.78 is 1.88. The van der Waals surface area contributed by atoms with Crippen molar-refractivity contribution < 1.29 is 5.11 Å². The highest BCUT2D eigenvalue weighted by Gasteiger charge is 2.14. The van der Waals surface area contributed by atoms with Crippen LogP contribution in [0.4, 0.5) is 0 Å². The molecule has 0 saturated carbocycles. The van der Waals surface area contributed by atoms with Gasteiger partial charge in [-0.15, -0.1) is 0 Å². The molecule has 0 bridgehead atoms. The quantitative estimate of drug-likeness (QED) is 0.727. The molecular formula is C9H17N3O. The van der Waals surface area contributed by atoms with Gasteiger partial charge in [0.1, 0.15) is 0 Å². The van der Waals surface area contributed by atoms with Crippen molar-refractivity contribution in [2.24, 2.45) is 5.73 Å². The fraction of sp³-hybridized carbons (Fsp3) is 0.667. The summed E-state index contributed by atoms with van der Waals surface area (Å²) in [4.78, 5) is 0. The molecule has 4 nitrogen and oxygen atoms in total. The van der Waals surface area contributed by atoms with Gasteiger partial charge in [-0.1, -0.05) is 0 Å². The summed E-state index contributed by atoms with van der Waals surface area (Å²) in [6.45, 7) is 6.29. The molecule has 0 aliphatic rings. The third-order valence-corrected chi connectivity index (χ3v) is 2.15. The number of hydrogen-bond donors (Lipinski definition) is 2. The zero-order valence-electron chi connectivity index (χ0n) is 8.36. The molecule has 13 heavy (non-hydrogen) atoms. The Morgan fingerprint density at radius 3 is 2.62 bits per heavy atom. The highest BCUT2D eigenvalue weighted by molar-refractivity contribution is 5.19. The van der Waals surface area contributed by atoms with Crippen molar-refractivity contribution in [3.8, 4) is 0 Å². The molecule has 0 radical (unpaired) electrons. The molecule has 74 valence electrons. The molecule has 0 aliphatic carbocycles. The maximum atomic E-state index is 9.53. The molecule has 3 N–H and O–H groups in total. The second-order valence-corrected chi connectivity index (χ2v) is 3.48. The van der Waals surface area contributed by atoms with Crippen LogP contribution < -0.4 is 5.73 Å². The van der Waals surface area contributed by atoms with Crippen LogP contribution in [-0.2, 0) is 0 Å². The minimum atomic E-state index is -0.590. The molecular weight excluding hydrogens is 166 g/mol. The van der Waals surface area contributed by atoms with Crippen molar-refractivity contribution in [1.82, 2.24) is 9.78 Å². The first-order valence-corrected chi connectivity index (χ1v) is 4.50. The molecule has 4 heteroatoms. The third-order valence-electron chi connectivity index (χ3n) is 2.15. The Balaban J connectivity index is 2.99. The number of rotatable bonds is 3. The molecule has 0 saturated heterocycles. The van der Waals surface area contributed by atoms with Gasteiger partial charge in [0.2, 0.25) is 0 Å². The molecule has 0 fully saturated rings. The lowest BCUT2D eigenvalue weighted by Gasteiger charge is -2.10. The lowest BCUT2D eigenvalue weighted by atomic mass is 10.1. The average Bonchev–Trinajstić information content (AvgIpc) is 2.46. The van der Waals surface area contributed by atoms with Gasteiger partial charge in [-0.3, -0.25) is 4.68 Å². The Kier molecular flexibility index (Phi) is 3.06. The number of aliphatic hydroxyl groups is 1. The maximum Gasteiger partial charge on any atom is 0.0945 e. The Bertz CT molecular complexity index is 280. The summed E-state index contributed by atoms with van der Waals surface area (Å²) in [5.41, 5.74) is 7.19. The number of hydrogen-bond acceptors (Lipinski definition) is 3. The first kappa shape index (κ1) is 10.2. The molecule has 1 aromatic rings. The highest BCUT2D eigenvalue weighted by Crippen LogP contribution is 2.18. The molecule has 1 heterocycles. The smallest absolute Gasteiger partial charge is 0.0945 e. The average molecular weight is 183 g/mol. The van der Waals surface area contributed by atoms with Crippen LogP contribution in [0, 0.1) is 6.92 Å². The summed E-state index contributed by atoms with van der Waals surface area (Å²) >= 11 is 0. The van der Waals surface area contributed by atoms with Crippen molar-refractivity contribution in [3.63, 3.8) is 0 Å². The van der Waals surface area contributed by atoms with Crippen LogP contribution in [-0.4, -0.2) is 21.4 Å². The van der Waals surface area contributed by atoms with Gasteiger partial charge in [0.05, 0.1) is 12.3 Å². The van der Waals surface area contributed by atoms with Crippen molar-refractivity contribution in [2.75, 3.05) is 6.54 Å². The largest absolute Gasteiger partial charge is 0.387 e. The van der Waals surface area contributed by atoms with Crippen LogP contribution >= 0.6 is 0 Å². The van der Waals surface area contributed by atoms with Gasteiger partial charge in [0.15, 0.2) is 0 Å². The van der Waals surface area contributed by atoms with Gasteiger partial charge in [0, 0.05) is 23.8 Å². The van der Waals surface area contributed by atoms with E-state index in [1.54, 1.807) is 6.20 Å². The molecule has 0 amide bonds. The highest BCUT2D eigenvalue weighted by atomic mass is 16.3. The topological polar surface area (TPSA) is 64.1 Å². The number of aliphatic hydroxyl groups excluding tert-OH is 1. The van der Waals surface area contributed by atoms with E-state index in [1.807, 2.05) is 11.6 Å². The van der Waals surface area contributed by atoms with Gasteiger partial charge in [0.25, 0.3) is 0 Å². The zero-order valence-corrected chi connectivity index (χ0v) is 8.36. The zero-order chi connectivity index (χ0) is 10.0. The van der Waals surface area contributed by atoms with Crippen molar-refractivity contribution in [3.05, 3.63) is 17.5 Å².